The number of aryl methyl sites for hydroxylation is 2. The zero-order valence-electron chi connectivity index (χ0n) is 12.4. The van der Waals surface area contributed by atoms with Gasteiger partial charge in [0.15, 0.2) is 0 Å². The van der Waals surface area contributed by atoms with Crippen molar-refractivity contribution < 1.29 is 9.59 Å². The minimum Gasteiger partial charge on any atom is -0.348 e. The van der Waals surface area contributed by atoms with E-state index in [1.54, 1.807) is 29.9 Å². The Morgan fingerprint density at radius 2 is 2.09 bits per heavy atom. The summed E-state index contributed by atoms with van der Waals surface area (Å²) in [4.78, 5) is 28.4. The summed E-state index contributed by atoms with van der Waals surface area (Å²) in [6, 6.07) is 7.29. The molecule has 0 saturated carbocycles. The van der Waals surface area contributed by atoms with Crippen LogP contribution in [-0.2, 0) is 18.4 Å². The summed E-state index contributed by atoms with van der Waals surface area (Å²) in [5.41, 5.74) is 3.01. The van der Waals surface area contributed by atoms with Crippen molar-refractivity contribution in [1.82, 2.24) is 19.3 Å². The van der Waals surface area contributed by atoms with Crippen molar-refractivity contribution >= 4 is 17.3 Å². The quantitative estimate of drug-likeness (QED) is 0.586. The van der Waals surface area contributed by atoms with Crippen LogP contribution >= 0.6 is 0 Å². The van der Waals surface area contributed by atoms with Gasteiger partial charge in [0.25, 0.3) is 11.7 Å². The third kappa shape index (κ3) is 2.63. The molecule has 6 nitrogen and oxygen atoms in total. The fourth-order valence-corrected chi connectivity index (χ4v) is 2.29. The Bertz CT molecular complexity index is 860. The summed E-state index contributed by atoms with van der Waals surface area (Å²) in [7, 11) is 1.73. The molecule has 3 rings (SSSR count). The van der Waals surface area contributed by atoms with Gasteiger partial charge in [-0.2, -0.15) is 0 Å². The van der Waals surface area contributed by atoms with Gasteiger partial charge in [-0.3, -0.25) is 9.59 Å². The van der Waals surface area contributed by atoms with Crippen LogP contribution in [0.15, 0.2) is 42.9 Å². The Morgan fingerprint density at radius 3 is 2.82 bits per heavy atom. The number of hydrogen-bond acceptors (Lipinski definition) is 3. The van der Waals surface area contributed by atoms with Crippen LogP contribution in [0.4, 0.5) is 0 Å². The summed E-state index contributed by atoms with van der Waals surface area (Å²) in [5, 5.41) is 2.61. The second-order valence-corrected chi connectivity index (χ2v) is 5.22. The van der Waals surface area contributed by atoms with Crippen LogP contribution in [0.5, 0.6) is 0 Å². The minimum atomic E-state index is -0.630. The fraction of sp³-hybridized carbons (Fsp3) is 0.188. The molecule has 0 aliphatic carbocycles. The van der Waals surface area contributed by atoms with Gasteiger partial charge in [0.2, 0.25) is 0 Å². The number of imidazole rings is 1. The van der Waals surface area contributed by atoms with E-state index in [0.717, 1.165) is 11.2 Å². The number of amides is 1. The number of aromatic nitrogens is 3. The van der Waals surface area contributed by atoms with Gasteiger partial charge in [0, 0.05) is 25.6 Å². The first-order chi connectivity index (χ1) is 10.5. The molecule has 6 heteroatoms. The molecule has 3 aromatic rings. The van der Waals surface area contributed by atoms with Crippen molar-refractivity contribution in [3.8, 4) is 0 Å². The smallest absolute Gasteiger partial charge is 0.294 e. The molecule has 0 unspecified atom stereocenters. The molecule has 0 fully saturated rings. The van der Waals surface area contributed by atoms with Gasteiger partial charge in [0.05, 0.1) is 17.9 Å². The summed E-state index contributed by atoms with van der Waals surface area (Å²) in [6.07, 6.45) is 5.48. The van der Waals surface area contributed by atoms with Gasteiger partial charge in [0.1, 0.15) is 5.65 Å². The summed E-state index contributed by atoms with van der Waals surface area (Å²) in [5.74, 6) is -1.18. The molecule has 1 N–H and O–H groups in total. The molecule has 0 atom stereocenters. The average molecular weight is 296 g/mol. The van der Waals surface area contributed by atoms with E-state index in [1.807, 2.05) is 35.9 Å². The number of ketones is 1. The molecule has 0 saturated heterocycles. The Hall–Kier alpha value is -2.89. The summed E-state index contributed by atoms with van der Waals surface area (Å²) < 4.78 is 3.50. The first kappa shape index (κ1) is 14.1. The highest BCUT2D eigenvalue weighted by Gasteiger charge is 2.18. The van der Waals surface area contributed by atoms with Gasteiger partial charge in [-0.25, -0.2) is 4.98 Å². The second-order valence-electron chi connectivity index (χ2n) is 5.22. The van der Waals surface area contributed by atoms with Crippen molar-refractivity contribution in [3.05, 3.63) is 59.8 Å². The molecular formula is C16H16N4O2. The van der Waals surface area contributed by atoms with Crippen LogP contribution in [-0.4, -0.2) is 25.6 Å². The third-order valence-electron chi connectivity index (χ3n) is 3.48. The second kappa shape index (κ2) is 5.48. The zero-order chi connectivity index (χ0) is 15.7. The van der Waals surface area contributed by atoms with Crippen LogP contribution < -0.4 is 5.32 Å². The van der Waals surface area contributed by atoms with Crippen LogP contribution in [0.3, 0.4) is 0 Å². The Morgan fingerprint density at radius 1 is 1.27 bits per heavy atom. The van der Waals surface area contributed by atoms with E-state index in [9.17, 15) is 9.59 Å². The number of nitrogens with one attached hydrogen (secondary N) is 1. The highest BCUT2D eigenvalue weighted by molar-refractivity contribution is 6.42. The lowest BCUT2D eigenvalue weighted by Crippen LogP contribution is -2.31. The first-order valence-electron chi connectivity index (χ1n) is 6.92. The largest absolute Gasteiger partial charge is 0.348 e. The molecule has 0 radical (unpaired) electrons. The van der Waals surface area contributed by atoms with E-state index >= 15 is 0 Å². The highest BCUT2D eigenvalue weighted by atomic mass is 16.2. The Kier molecular flexibility index (Phi) is 3.50. The summed E-state index contributed by atoms with van der Waals surface area (Å²) >= 11 is 0. The normalized spacial score (nSPS) is 10.8. The lowest BCUT2D eigenvalue weighted by atomic mass is 10.2. The monoisotopic (exact) mass is 296 g/mol. The number of carbonyl (C=O) groups is 2. The Balaban J connectivity index is 1.69. The highest BCUT2D eigenvalue weighted by Crippen LogP contribution is 2.08. The third-order valence-corrected chi connectivity index (χ3v) is 3.48. The maximum atomic E-state index is 12.0. The van der Waals surface area contributed by atoms with Gasteiger partial charge in [-0.05, 0) is 36.8 Å². The van der Waals surface area contributed by atoms with Crippen molar-refractivity contribution in [1.29, 1.82) is 0 Å². The van der Waals surface area contributed by atoms with Crippen LogP contribution in [0, 0.1) is 6.92 Å². The molecule has 112 valence electrons. The van der Waals surface area contributed by atoms with Crippen molar-refractivity contribution in [2.75, 3.05) is 0 Å². The van der Waals surface area contributed by atoms with Crippen molar-refractivity contribution in [3.63, 3.8) is 0 Å². The topological polar surface area (TPSA) is 68.4 Å². The number of rotatable bonds is 4. The number of fused-ring (bicyclic) bond motifs is 1. The van der Waals surface area contributed by atoms with Gasteiger partial charge in [-0.15, -0.1) is 0 Å². The molecular weight excluding hydrogens is 280 g/mol. The average Bonchev–Trinajstić information content (AvgIpc) is 3.09. The van der Waals surface area contributed by atoms with Gasteiger partial charge >= 0.3 is 0 Å². The standard InChI is InChI=1S/C16H16N4O2/c1-11-5-7-20-10-12(18-14(20)8-11)9-17-16(22)15(21)13-4-3-6-19(13)2/h3-8,10H,9H2,1-2H3,(H,17,22). The van der Waals surface area contributed by atoms with E-state index in [1.165, 1.54) is 0 Å². The number of pyridine rings is 1. The van der Waals surface area contributed by atoms with E-state index in [-0.39, 0.29) is 6.54 Å². The van der Waals surface area contributed by atoms with Gasteiger partial charge in [-0.1, -0.05) is 0 Å². The number of carbonyl (C=O) groups excluding carboxylic acids is 2. The van der Waals surface area contributed by atoms with E-state index < -0.39 is 11.7 Å². The van der Waals surface area contributed by atoms with Crippen LogP contribution in [0.1, 0.15) is 21.7 Å². The molecule has 1 amide bonds. The Labute approximate surface area is 127 Å². The lowest BCUT2D eigenvalue weighted by Gasteiger charge is -2.03. The fourth-order valence-electron chi connectivity index (χ4n) is 2.29. The molecule has 0 aliphatic rings. The molecule has 3 heterocycles. The summed E-state index contributed by atoms with van der Waals surface area (Å²) in [6.45, 7) is 2.21. The predicted octanol–water partition coefficient (Wildman–Crippen LogP) is 1.48. The van der Waals surface area contributed by atoms with E-state index in [2.05, 4.69) is 10.3 Å². The van der Waals surface area contributed by atoms with Gasteiger partial charge < -0.3 is 14.3 Å². The van der Waals surface area contributed by atoms with E-state index in [0.29, 0.717) is 11.4 Å². The van der Waals surface area contributed by atoms with Crippen LogP contribution in [0.25, 0.3) is 5.65 Å². The molecule has 0 spiro atoms. The molecule has 0 bridgehead atoms. The predicted molar refractivity (Wildman–Crippen MR) is 81.5 cm³/mol. The molecule has 3 aromatic heterocycles. The molecule has 22 heavy (non-hydrogen) atoms. The van der Waals surface area contributed by atoms with Crippen molar-refractivity contribution in [2.45, 2.75) is 13.5 Å². The van der Waals surface area contributed by atoms with E-state index in [4.69, 9.17) is 0 Å². The minimum absolute atomic E-state index is 0.218. The number of hydrogen-bond donors (Lipinski definition) is 1. The lowest BCUT2D eigenvalue weighted by molar-refractivity contribution is -0.117. The number of nitrogens with zero attached hydrogens (tertiary/aromatic N) is 3. The van der Waals surface area contributed by atoms with Crippen molar-refractivity contribution in [2.24, 2.45) is 7.05 Å². The zero-order valence-corrected chi connectivity index (χ0v) is 12.4. The molecule has 0 aliphatic heterocycles. The maximum absolute atomic E-state index is 12.0. The number of Topliss-reactive ketones (excluding diaryl/α,β-unsaturated/α-hetero) is 1. The molecule has 0 aromatic carbocycles. The van der Waals surface area contributed by atoms with Crippen LogP contribution in [0.2, 0.25) is 0 Å². The maximum Gasteiger partial charge on any atom is 0.294 e. The first-order valence-corrected chi connectivity index (χ1v) is 6.92. The SMILES string of the molecule is Cc1ccn2cc(CNC(=O)C(=O)c3cccn3C)nc2c1.